The molecule has 0 aromatic rings. The van der Waals surface area contributed by atoms with Crippen LogP contribution in [0.5, 0.6) is 0 Å². The Morgan fingerprint density at radius 2 is 1.77 bits per heavy atom. The fourth-order valence-corrected chi connectivity index (χ4v) is 10.9. The summed E-state index contributed by atoms with van der Waals surface area (Å²) in [7, 11) is -1.72. The van der Waals surface area contributed by atoms with Gasteiger partial charge in [0, 0.05) is 4.37 Å². The molecule has 0 aliphatic heterocycles. The van der Waals surface area contributed by atoms with E-state index >= 15 is 0 Å². The summed E-state index contributed by atoms with van der Waals surface area (Å²) in [5.74, 6) is 0. The zero-order valence-electron chi connectivity index (χ0n) is 17.5. The van der Waals surface area contributed by atoms with Crippen LogP contribution < -0.4 is 24.8 Å². The van der Waals surface area contributed by atoms with Gasteiger partial charge < -0.3 is 24.8 Å². The Labute approximate surface area is 194 Å². The summed E-state index contributed by atoms with van der Waals surface area (Å²) in [5, 5.41) is 2.15. The van der Waals surface area contributed by atoms with E-state index in [9.17, 15) is 0 Å². The van der Waals surface area contributed by atoms with Crippen molar-refractivity contribution in [1.82, 2.24) is 0 Å². The molecule has 0 saturated carbocycles. The largest absolute Gasteiger partial charge is 3.00 e. The number of hydrogen-bond acceptors (Lipinski definition) is 1. The van der Waals surface area contributed by atoms with Crippen molar-refractivity contribution in [3.63, 3.8) is 0 Å². The van der Waals surface area contributed by atoms with Crippen molar-refractivity contribution in [3.05, 3.63) is 46.7 Å². The summed E-state index contributed by atoms with van der Waals surface area (Å²) in [6.07, 6.45) is 15.5. The average Bonchev–Trinajstić information content (AvgIpc) is 2.93. The van der Waals surface area contributed by atoms with E-state index in [0.717, 1.165) is 6.42 Å². The van der Waals surface area contributed by atoms with Gasteiger partial charge in [-0.1, -0.05) is 71.0 Å². The van der Waals surface area contributed by atoms with Crippen LogP contribution in [0, 0.1) is 11.5 Å². The number of hydrogen-bond donors (Lipinski definition) is 0. The minimum absolute atomic E-state index is 0. The van der Waals surface area contributed by atoms with Crippen molar-refractivity contribution in [2.45, 2.75) is 77.1 Å². The molecule has 0 bridgehead atoms. The van der Waals surface area contributed by atoms with E-state index in [-0.39, 0.29) is 56.3 Å². The van der Waals surface area contributed by atoms with Gasteiger partial charge in [0.25, 0.3) is 0 Å². The fourth-order valence-electron chi connectivity index (χ4n) is 3.94. The van der Waals surface area contributed by atoms with Gasteiger partial charge in [-0.2, -0.15) is 17.8 Å². The predicted octanol–water partition coefficient (Wildman–Crippen LogP) is 0.671. The maximum atomic E-state index is 3.68. The van der Waals surface area contributed by atoms with E-state index in [4.69, 9.17) is 0 Å². The van der Waals surface area contributed by atoms with E-state index in [1.54, 1.807) is 5.57 Å². The third-order valence-corrected chi connectivity index (χ3v) is 12.5. The predicted molar refractivity (Wildman–Crippen MR) is 109 cm³/mol. The summed E-state index contributed by atoms with van der Waals surface area (Å²) in [5.41, 5.74) is 3.28. The molecule has 0 fully saturated rings. The molecule has 5 heteroatoms. The third-order valence-electron chi connectivity index (χ3n) is 5.14. The van der Waals surface area contributed by atoms with Crippen LogP contribution in [0.2, 0.25) is 13.1 Å². The van der Waals surface area contributed by atoms with Gasteiger partial charge in [-0.15, -0.1) is 6.42 Å². The van der Waals surface area contributed by atoms with E-state index < -0.39 is 8.07 Å². The van der Waals surface area contributed by atoms with Crippen LogP contribution in [0.4, 0.5) is 0 Å². The monoisotopic (exact) mass is 463 g/mol. The fraction of sp³-hybridized carbons (Fsp3) is 0.619. The van der Waals surface area contributed by atoms with Crippen LogP contribution >= 0.6 is 11.8 Å². The molecule has 1 atom stereocenters. The summed E-state index contributed by atoms with van der Waals surface area (Å²) >= 11 is 2.21. The molecule has 0 aromatic heterocycles. The van der Waals surface area contributed by atoms with Gasteiger partial charge in [0.15, 0.2) is 0 Å². The summed E-state index contributed by atoms with van der Waals surface area (Å²) in [4.78, 5) is 0. The average molecular weight is 464 g/mol. The van der Waals surface area contributed by atoms with Crippen LogP contribution in [0.3, 0.4) is 0 Å². The van der Waals surface area contributed by atoms with Crippen LogP contribution in [0.1, 0.15) is 54.4 Å². The molecule has 1 radical (unpaired) electrons. The third kappa shape index (κ3) is 5.67. The molecule has 0 amide bonds. The minimum atomic E-state index is -1.72. The van der Waals surface area contributed by atoms with Gasteiger partial charge in [0.2, 0.25) is 0 Å². The normalized spacial score (nSPS) is 22.6. The summed E-state index contributed by atoms with van der Waals surface area (Å²) < 4.78 is 0.232. The van der Waals surface area contributed by atoms with Gasteiger partial charge >= 0.3 is 21.7 Å². The Morgan fingerprint density at radius 1 is 1.19 bits per heavy atom. The van der Waals surface area contributed by atoms with Crippen molar-refractivity contribution >= 4 is 19.8 Å². The zero-order valence-corrected chi connectivity index (χ0v) is 22.4. The Kier molecular flexibility index (Phi) is 11.8. The first kappa shape index (κ1) is 29.0. The van der Waals surface area contributed by atoms with Crippen molar-refractivity contribution in [2.24, 2.45) is 5.41 Å². The Balaban J connectivity index is 0. The molecule has 0 spiro atoms. The first-order chi connectivity index (χ1) is 10.5. The maximum Gasteiger partial charge on any atom is 3.00 e. The van der Waals surface area contributed by atoms with E-state index in [1.165, 1.54) is 17.2 Å². The zero-order chi connectivity index (χ0) is 17.5. The molecule has 1 unspecified atom stereocenters. The molecule has 26 heavy (non-hydrogen) atoms. The second-order valence-electron chi connectivity index (χ2n) is 8.78. The molecule has 2 rings (SSSR count). The molecule has 2 aliphatic carbocycles. The number of thioether (sulfide) groups is 1. The topological polar surface area (TPSA) is 0 Å². The smallest absolute Gasteiger partial charge is 1.00 e. The van der Waals surface area contributed by atoms with Gasteiger partial charge in [-0.3, -0.25) is 6.08 Å². The van der Waals surface area contributed by atoms with Crippen LogP contribution in [-0.2, 0) is 21.7 Å². The van der Waals surface area contributed by atoms with E-state index in [2.05, 4.69) is 96.8 Å². The molecule has 0 N–H and O–H groups in total. The standard InChI is InChI=1S/C21H33SSi.2ClH.Ti/c1-16(2)22-21(23(7,8)18-11-9-10-12-18)14-13-17(3)15-19(21)20(4,5)6;;;/h9,11,13,15-16H,10,14H2,1-8H3;2*1H;/q-1;;;+3/p-2. The van der Waals surface area contributed by atoms with Crippen molar-refractivity contribution in [3.8, 4) is 0 Å². The van der Waals surface area contributed by atoms with Crippen molar-refractivity contribution < 1.29 is 46.5 Å². The van der Waals surface area contributed by atoms with Crippen molar-refractivity contribution in [1.29, 1.82) is 0 Å². The number of allylic oxidation sites excluding steroid dienone is 7. The molecule has 0 heterocycles. The Hall–Kier alpha value is 0.821. The maximum absolute atomic E-state index is 3.68. The van der Waals surface area contributed by atoms with E-state index in [1.807, 2.05) is 0 Å². The van der Waals surface area contributed by atoms with Gasteiger partial charge in [0.05, 0.1) is 8.07 Å². The molecule has 2 aliphatic rings. The van der Waals surface area contributed by atoms with Crippen LogP contribution in [-0.4, -0.2) is 17.7 Å². The summed E-state index contributed by atoms with van der Waals surface area (Å²) in [6.45, 7) is 19.3. The molecule has 0 saturated heterocycles. The molecular weight excluding hydrogens is 431 g/mol. The van der Waals surface area contributed by atoms with Crippen molar-refractivity contribution in [2.75, 3.05) is 0 Å². The first-order valence-corrected chi connectivity index (χ1v) is 12.7. The minimum Gasteiger partial charge on any atom is -1.00 e. The second-order valence-corrected chi connectivity index (χ2v) is 15.7. The second kappa shape index (κ2) is 10.6. The summed E-state index contributed by atoms with van der Waals surface area (Å²) in [6, 6.07) is 0. The molecule has 145 valence electrons. The quantitative estimate of drug-likeness (QED) is 0.436. The molecular formula is C21H33Cl2SSiTi. The van der Waals surface area contributed by atoms with Crippen LogP contribution in [0.15, 0.2) is 40.6 Å². The Morgan fingerprint density at radius 3 is 2.19 bits per heavy atom. The van der Waals surface area contributed by atoms with Gasteiger partial charge in [-0.25, -0.2) is 11.3 Å². The first-order valence-electron chi connectivity index (χ1n) is 8.86. The van der Waals surface area contributed by atoms with Gasteiger partial charge in [-0.05, 0) is 24.0 Å². The number of rotatable bonds is 4. The van der Waals surface area contributed by atoms with E-state index in [0.29, 0.717) is 5.25 Å². The number of halogens is 2. The molecule has 0 aromatic carbocycles. The van der Waals surface area contributed by atoms with Crippen LogP contribution in [0.25, 0.3) is 0 Å². The Bertz CT molecular complexity index is 598. The molecule has 0 nitrogen and oxygen atoms in total. The van der Waals surface area contributed by atoms with Gasteiger partial charge in [0.1, 0.15) is 0 Å². The SMILES string of the molecule is CC1=CCC(SC(C)C)([Si](C)(C)C2=[C-]CC=C2)C(C(C)(C)C)=C1.[Cl-].[Cl-].[Ti+3].